The van der Waals surface area contributed by atoms with Gasteiger partial charge in [0.25, 0.3) is 5.91 Å². The quantitative estimate of drug-likeness (QED) is 0.863. The molecule has 0 unspecified atom stereocenters. The van der Waals surface area contributed by atoms with Gasteiger partial charge in [-0.05, 0) is 32.0 Å². The smallest absolute Gasteiger partial charge is 0.275 e. The molecule has 0 atom stereocenters. The summed E-state index contributed by atoms with van der Waals surface area (Å²) in [6.07, 6.45) is 0. The predicted octanol–water partition coefficient (Wildman–Crippen LogP) is 3.56. The molecule has 3 rings (SSSR count). The van der Waals surface area contributed by atoms with Crippen LogP contribution in [0.3, 0.4) is 0 Å². The van der Waals surface area contributed by atoms with Crippen molar-refractivity contribution in [2.45, 2.75) is 18.7 Å². The molecule has 0 bridgehead atoms. The number of para-hydroxylation sites is 1. The number of carbonyl (C=O) groups excluding carboxylic acids is 1. The van der Waals surface area contributed by atoms with Gasteiger partial charge in [0.2, 0.25) is 0 Å². The fraction of sp³-hybridized carbons (Fsp3) is 0.176. The van der Waals surface area contributed by atoms with E-state index in [2.05, 4.69) is 5.10 Å². The fourth-order valence-corrected chi connectivity index (χ4v) is 3.41. The van der Waals surface area contributed by atoms with Crippen LogP contribution in [0.15, 0.2) is 59.7 Å². The number of carbonyl (C=O) groups is 1. The third kappa shape index (κ3) is 2.60. The van der Waals surface area contributed by atoms with Gasteiger partial charge in [-0.15, -0.1) is 0 Å². The third-order valence-electron chi connectivity index (χ3n) is 3.45. The Bertz CT molecular complexity index is 741. The van der Waals surface area contributed by atoms with Crippen LogP contribution in [0.5, 0.6) is 0 Å². The highest BCUT2D eigenvalue weighted by molar-refractivity contribution is 8.15. The molecule has 0 saturated heterocycles. The van der Waals surface area contributed by atoms with E-state index >= 15 is 0 Å². The minimum absolute atomic E-state index is 0.109. The molecule has 0 aromatic heterocycles. The van der Waals surface area contributed by atoms with Gasteiger partial charge in [-0.25, -0.2) is 5.01 Å². The molecule has 1 amide bonds. The molecule has 2 aromatic rings. The van der Waals surface area contributed by atoms with Gasteiger partial charge in [-0.3, -0.25) is 4.79 Å². The Morgan fingerprint density at radius 3 is 2.41 bits per heavy atom. The summed E-state index contributed by atoms with van der Waals surface area (Å²) in [6, 6.07) is 16.8. The maximum absolute atomic E-state index is 12.7. The number of nitrogens with two attached hydrogens (primary N) is 1. The first-order chi connectivity index (χ1) is 10.5. The zero-order chi connectivity index (χ0) is 15.7. The molecule has 0 radical (unpaired) electrons. The minimum atomic E-state index is -0.454. The van der Waals surface area contributed by atoms with E-state index in [1.807, 2.05) is 56.3 Å². The number of hydrazone groups is 1. The molecule has 0 fully saturated rings. The maximum atomic E-state index is 12.7. The summed E-state index contributed by atoms with van der Waals surface area (Å²) in [6.45, 7) is 3.96. The topological polar surface area (TPSA) is 58.7 Å². The molecule has 2 aromatic carbocycles. The van der Waals surface area contributed by atoms with E-state index in [0.717, 1.165) is 10.6 Å². The van der Waals surface area contributed by atoms with Crippen LogP contribution in [0.4, 0.5) is 5.69 Å². The molecule has 5 heteroatoms. The highest BCUT2D eigenvalue weighted by Gasteiger charge is 2.40. The summed E-state index contributed by atoms with van der Waals surface area (Å²) in [5.41, 5.74) is 8.18. The van der Waals surface area contributed by atoms with Gasteiger partial charge in [-0.2, -0.15) is 5.10 Å². The highest BCUT2D eigenvalue weighted by atomic mass is 32.2. The molecule has 22 heavy (non-hydrogen) atoms. The Hall–Kier alpha value is -2.27. The van der Waals surface area contributed by atoms with Crippen molar-refractivity contribution >= 4 is 28.4 Å². The summed E-state index contributed by atoms with van der Waals surface area (Å²) in [7, 11) is 0. The van der Waals surface area contributed by atoms with Gasteiger partial charge in [0.1, 0.15) is 9.91 Å². The van der Waals surface area contributed by atoms with Crippen molar-refractivity contribution in [3.05, 3.63) is 65.7 Å². The fourth-order valence-electron chi connectivity index (χ4n) is 2.31. The van der Waals surface area contributed by atoms with Gasteiger partial charge < -0.3 is 5.73 Å². The van der Waals surface area contributed by atoms with Crippen LogP contribution in [0.1, 0.15) is 29.8 Å². The molecule has 0 saturated carbocycles. The van der Waals surface area contributed by atoms with E-state index < -0.39 is 4.87 Å². The number of benzene rings is 2. The molecule has 1 heterocycles. The second kappa shape index (κ2) is 5.50. The first-order valence-corrected chi connectivity index (χ1v) is 7.83. The van der Waals surface area contributed by atoms with Gasteiger partial charge in [0.05, 0.1) is 0 Å². The van der Waals surface area contributed by atoms with Crippen LogP contribution >= 0.6 is 11.8 Å². The predicted molar refractivity (Wildman–Crippen MR) is 91.7 cm³/mol. The number of amides is 1. The number of rotatable bonds is 2. The number of anilines is 1. The standard InChI is InChI=1S/C17H17N3OS/c1-17(2)20(16(21)12-8-4-3-5-9-12)19-15(22-17)13-10-6-7-11-14(13)18/h3-11H,18H2,1-2H3. The average molecular weight is 311 g/mol. The Labute approximate surface area is 134 Å². The molecule has 2 N–H and O–H groups in total. The lowest BCUT2D eigenvalue weighted by Crippen LogP contribution is -2.38. The zero-order valence-corrected chi connectivity index (χ0v) is 13.3. The van der Waals surface area contributed by atoms with Crippen molar-refractivity contribution in [3.63, 3.8) is 0 Å². The van der Waals surface area contributed by atoms with Crippen molar-refractivity contribution in [3.8, 4) is 0 Å². The third-order valence-corrected chi connectivity index (χ3v) is 4.62. The molecule has 0 aliphatic carbocycles. The zero-order valence-electron chi connectivity index (χ0n) is 12.5. The van der Waals surface area contributed by atoms with Crippen molar-refractivity contribution in [2.75, 3.05) is 5.73 Å². The molecule has 4 nitrogen and oxygen atoms in total. The Balaban J connectivity index is 1.98. The van der Waals surface area contributed by atoms with E-state index in [9.17, 15) is 4.79 Å². The van der Waals surface area contributed by atoms with Gasteiger partial charge in [0, 0.05) is 16.8 Å². The van der Waals surface area contributed by atoms with Crippen molar-refractivity contribution in [1.82, 2.24) is 5.01 Å². The molecule has 1 aliphatic heterocycles. The second-order valence-electron chi connectivity index (χ2n) is 5.52. The normalized spacial score (nSPS) is 16.5. The number of thioether (sulfide) groups is 1. The summed E-state index contributed by atoms with van der Waals surface area (Å²) in [5, 5.41) is 6.84. The number of nitrogen functional groups attached to an aromatic ring is 1. The van der Waals surface area contributed by atoms with E-state index in [-0.39, 0.29) is 5.91 Å². The first-order valence-electron chi connectivity index (χ1n) is 7.01. The van der Waals surface area contributed by atoms with E-state index in [0.29, 0.717) is 11.3 Å². The van der Waals surface area contributed by atoms with Crippen LogP contribution in [0.2, 0.25) is 0 Å². The Morgan fingerprint density at radius 2 is 1.73 bits per heavy atom. The van der Waals surface area contributed by atoms with E-state index in [1.165, 1.54) is 5.01 Å². The lowest BCUT2D eigenvalue weighted by molar-refractivity contribution is 0.0691. The van der Waals surface area contributed by atoms with E-state index in [4.69, 9.17) is 5.73 Å². The Kier molecular flexibility index (Phi) is 3.66. The molecular weight excluding hydrogens is 294 g/mol. The van der Waals surface area contributed by atoms with Crippen LogP contribution in [-0.2, 0) is 0 Å². The van der Waals surface area contributed by atoms with Crippen molar-refractivity contribution < 1.29 is 4.79 Å². The largest absolute Gasteiger partial charge is 0.398 e. The summed E-state index contributed by atoms with van der Waals surface area (Å²) in [5.74, 6) is -0.109. The summed E-state index contributed by atoms with van der Waals surface area (Å²) < 4.78 is 0. The second-order valence-corrected chi connectivity index (χ2v) is 7.11. The molecular formula is C17H17N3OS. The lowest BCUT2D eigenvalue weighted by atomic mass is 10.2. The maximum Gasteiger partial charge on any atom is 0.275 e. The Morgan fingerprint density at radius 1 is 1.09 bits per heavy atom. The molecule has 112 valence electrons. The monoisotopic (exact) mass is 311 g/mol. The highest BCUT2D eigenvalue weighted by Crippen LogP contribution is 2.40. The minimum Gasteiger partial charge on any atom is -0.398 e. The number of hydrogen-bond donors (Lipinski definition) is 1. The molecule has 1 aliphatic rings. The van der Waals surface area contributed by atoms with Crippen molar-refractivity contribution in [1.29, 1.82) is 0 Å². The summed E-state index contributed by atoms with van der Waals surface area (Å²) in [4.78, 5) is 12.2. The summed E-state index contributed by atoms with van der Waals surface area (Å²) >= 11 is 1.54. The van der Waals surface area contributed by atoms with Gasteiger partial charge >= 0.3 is 0 Å². The number of hydrogen-bond acceptors (Lipinski definition) is 4. The van der Waals surface area contributed by atoms with Crippen molar-refractivity contribution in [2.24, 2.45) is 5.10 Å². The lowest BCUT2D eigenvalue weighted by Gasteiger charge is -2.27. The number of nitrogens with zero attached hydrogens (tertiary/aromatic N) is 2. The van der Waals surface area contributed by atoms with E-state index in [1.54, 1.807) is 23.9 Å². The first kappa shape index (κ1) is 14.7. The SMILES string of the molecule is CC1(C)SC(c2ccccc2N)=NN1C(=O)c1ccccc1. The molecule has 0 spiro atoms. The average Bonchev–Trinajstić information content (AvgIpc) is 2.83. The van der Waals surface area contributed by atoms with Crippen LogP contribution in [0, 0.1) is 0 Å². The van der Waals surface area contributed by atoms with Gasteiger partial charge in [0.15, 0.2) is 0 Å². The van der Waals surface area contributed by atoms with Crippen LogP contribution in [-0.4, -0.2) is 20.8 Å². The van der Waals surface area contributed by atoms with Gasteiger partial charge in [-0.1, -0.05) is 48.2 Å². The van der Waals surface area contributed by atoms with Crippen LogP contribution < -0.4 is 5.73 Å². The van der Waals surface area contributed by atoms with Crippen LogP contribution in [0.25, 0.3) is 0 Å².